The van der Waals surface area contributed by atoms with E-state index in [1.807, 2.05) is 6.92 Å². The molecule has 25 heavy (non-hydrogen) atoms. The first-order valence-corrected chi connectivity index (χ1v) is 9.09. The number of carbonyl (C=O) groups is 1. The van der Waals surface area contributed by atoms with Gasteiger partial charge in [0.25, 0.3) is 5.91 Å². The summed E-state index contributed by atoms with van der Waals surface area (Å²) in [5, 5.41) is 20.6. The average molecular weight is 369 g/mol. The number of nitrogens with two attached hydrogens (primary N) is 1. The molecule has 1 aromatic carbocycles. The van der Waals surface area contributed by atoms with Gasteiger partial charge in [0.05, 0.1) is 12.7 Å². The summed E-state index contributed by atoms with van der Waals surface area (Å²) in [4.78, 5) is 14.2. The molecule has 138 valence electrons. The molecule has 2 heterocycles. The largest absolute Gasteiger partial charge is 0.508 e. The zero-order valence-corrected chi connectivity index (χ0v) is 15.1. The number of aromatic hydroxyl groups is 1. The summed E-state index contributed by atoms with van der Waals surface area (Å²) < 4.78 is 5.35. The summed E-state index contributed by atoms with van der Waals surface area (Å²) >= 11 is 6.16. The Balaban J connectivity index is 1.62. The number of amides is 1. The van der Waals surface area contributed by atoms with Gasteiger partial charge in [-0.25, -0.2) is 0 Å². The Morgan fingerprint density at radius 3 is 2.64 bits per heavy atom. The van der Waals surface area contributed by atoms with E-state index >= 15 is 0 Å². The van der Waals surface area contributed by atoms with Crippen molar-refractivity contribution in [2.45, 2.75) is 44.4 Å². The first kappa shape index (κ1) is 18.5. The molecule has 0 bridgehead atoms. The standard InChI is InChI=1S/C18H25ClN2O4/c1-10-8-15(23)12(9-13(10)19)16(20)11-2-5-21(6-3-11)18(24)17-14(22)4-7-25-17/h8-9,11,14,16-17,22-23H,2-7,20H2,1H3/t14-,16+,17+/m0/s1. The monoisotopic (exact) mass is 368 g/mol. The van der Waals surface area contributed by atoms with Crippen LogP contribution in [0.2, 0.25) is 5.02 Å². The van der Waals surface area contributed by atoms with Gasteiger partial charge in [-0.2, -0.15) is 0 Å². The van der Waals surface area contributed by atoms with Crippen molar-refractivity contribution in [3.8, 4) is 5.75 Å². The Hall–Kier alpha value is -1.34. The number of rotatable bonds is 3. The molecular formula is C18H25ClN2O4. The number of aliphatic hydroxyl groups is 1. The highest BCUT2D eigenvalue weighted by molar-refractivity contribution is 6.31. The van der Waals surface area contributed by atoms with E-state index in [0.29, 0.717) is 36.7 Å². The van der Waals surface area contributed by atoms with Gasteiger partial charge in [-0.05, 0) is 49.8 Å². The van der Waals surface area contributed by atoms with Gasteiger partial charge < -0.3 is 25.6 Å². The second kappa shape index (κ2) is 7.50. The Morgan fingerprint density at radius 1 is 1.36 bits per heavy atom. The van der Waals surface area contributed by atoms with Gasteiger partial charge in [-0.3, -0.25) is 4.79 Å². The molecule has 0 spiro atoms. The lowest BCUT2D eigenvalue weighted by Crippen LogP contribution is -2.47. The summed E-state index contributed by atoms with van der Waals surface area (Å²) in [6.45, 7) is 3.40. The van der Waals surface area contributed by atoms with Crippen LogP contribution in [0.5, 0.6) is 5.75 Å². The van der Waals surface area contributed by atoms with Crippen LogP contribution in [-0.2, 0) is 9.53 Å². The van der Waals surface area contributed by atoms with Crippen molar-refractivity contribution in [2.75, 3.05) is 19.7 Å². The lowest BCUT2D eigenvalue weighted by Gasteiger charge is -2.36. The number of hydrogen-bond donors (Lipinski definition) is 3. The zero-order chi connectivity index (χ0) is 18.1. The zero-order valence-electron chi connectivity index (χ0n) is 14.3. The number of benzene rings is 1. The molecule has 7 heteroatoms. The van der Waals surface area contributed by atoms with E-state index in [2.05, 4.69) is 0 Å². The van der Waals surface area contributed by atoms with Crippen LogP contribution in [0.4, 0.5) is 0 Å². The van der Waals surface area contributed by atoms with E-state index in [4.69, 9.17) is 22.1 Å². The van der Waals surface area contributed by atoms with Crippen LogP contribution in [0, 0.1) is 12.8 Å². The molecule has 3 atom stereocenters. The number of halogens is 1. The summed E-state index contributed by atoms with van der Waals surface area (Å²) in [6, 6.07) is 3.04. The molecule has 4 N–H and O–H groups in total. The Kier molecular flexibility index (Phi) is 5.53. The molecule has 3 rings (SSSR count). The number of nitrogens with zero attached hydrogens (tertiary/aromatic N) is 1. The highest BCUT2D eigenvalue weighted by Gasteiger charge is 2.37. The maximum Gasteiger partial charge on any atom is 0.254 e. The van der Waals surface area contributed by atoms with Gasteiger partial charge in [0, 0.05) is 29.7 Å². The maximum atomic E-state index is 12.4. The smallest absolute Gasteiger partial charge is 0.254 e. The van der Waals surface area contributed by atoms with E-state index in [1.165, 1.54) is 0 Å². The van der Waals surface area contributed by atoms with Crippen molar-refractivity contribution in [3.63, 3.8) is 0 Å². The molecule has 2 fully saturated rings. The highest BCUT2D eigenvalue weighted by Crippen LogP contribution is 2.36. The van der Waals surface area contributed by atoms with Gasteiger partial charge in [0.15, 0.2) is 6.10 Å². The minimum absolute atomic E-state index is 0.141. The first-order chi connectivity index (χ1) is 11.9. The van der Waals surface area contributed by atoms with Gasteiger partial charge in [0.2, 0.25) is 0 Å². The summed E-state index contributed by atoms with van der Waals surface area (Å²) in [7, 11) is 0. The van der Waals surface area contributed by atoms with Crippen molar-refractivity contribution in [2.24, 2.45) is 11.7 Å². The van der Waals surface area contributed by atoms with Crippen LogP contribution < -0.4 is 5.73 Å². The number of carbonyl (C=O) groups excluding carboxylic acids is 1. The van der Waals surface area contributed by atoms with Crippen LogP contribution in [0.25, 0.3) is 0 Å². The van der Waals surface area contributed by atoms with Crippen LogP contribution in [0.3, 0.4) is 0 Å². The Morgan fingerprint density at radius 2 is 2.04 bits per heavy atom. The quantitative estimate of drug-likeness (QED) is 0.755. The maximum absolute atomic E-state index is 12.4. The Bertz CT molecular complexity index is 646. The van der Waals surface area contributed by atoms with Crippen LogP contribution >= 0.6 is 11.6 Å². The highest BCUT2D eigenvalue weighted by atomic mass is 35.5. The van der Waals surface area contributed by atoms with Crippen molar-refractivity contribution in [1.29, 1.82) is 0 Å². The second-order valence-corrected chi connectivity index (χ2v) is 7.40. The minimum atomic E-state index is -0.731. The molecule has 6 nitrogen and oxygen atoms in total. The fourth-order valence-electron chi connectivity index (χ4n) is 3.68. The lowest BCUT2D eigenvalue weighted by atomic mass is 9.85. The van der Waals surface area contributed by atoms with Gasteiger partial charge >= 0.3 is 0 Å². The number of hydrogen-bond acceptors (Lipinski definition) is 5. The number of aryl methyl sites for hydroxylation is 1. The van der Waals surface area contributed by atoms with Crippen molar-refractivity contribution < 1.29 is 19.7 Å². The minimum Gasteiger partial charge on any atom is -0.508 e. The van der Waals surface area contributed by atoms with Crippen LogP contribution in [-0.4, -0.2) is 52.9 Å². The molecule has 2 aliphatic heterocycles. The first-order valence-electron chi connectivity index (χ1n) is 8.71. The van der Waals surface area contributed by atoms with Gasteiger partial charge in [0.1, 0.15) is 5.75 Å². The number of aliphatic hydroxyl groups excluding tert-OH is 1. The number of phenolic OH excluding ortho intramolecular Hbond substituents is 1. The summed E-state index contributed by atoms with van der Waals surface area (Å²) in [5.74, 6) is 0.178. The third kappa shape index (κ3) is 3.77. The molecule has 0 unspecified atom stereocenters. The third-order valence-corrected chi connectivity index (χ3v) is 5.74. The van der Waals surface area contributed by atoms with Crippen molar-refractivity contribution in [1.82, 2.24) is 4.90 Å². The third-order valence-electron chi connectivity index (χ3n) is 5.33. The molecule has 2 saturated heterocycles. The van der Waals surface area contributed by atoms with E-state index in [-0.39, 0.29) is 23.6 Å². The van der Waals surface area contributed by atoms with E-state index in [9.17, 15) is 15.0 Å². The molecule has 1 amide bonds. The number of ether oxygens (including phenoxy) is 1. The van der Waals surface area contributed by atoms with Gasteiger partial charge in [-0.15, -0.1) is 0 Å². The van der Waals surface area contributed by atoms with E-state index < -0.39 is 12.2 Å². The molecular weight excluding hydrogens is 344 g/mol. The lowest BCUT2D eigenvalue weighted by molar-refractivity contribution is -0.146. The van der Waals surface area contributed by atoms with Crippen molar-refractivity contribution in [3.05, 3.63) is 28.3 Å². The molecule has 0 radical (unpaired) electrons. The molecule has 2 aliphatic rings. The SMILES string of the molecule is Cc1cc(O)c([C@H](N)C2CCN(C(=O)[C@@H]3OCC[C@@H]3O)CC2)cc1Cl. The predicted molar refractivity (Wildman–Crippen MR) is 94.5 cm³/mol. The van der Waals surface area contributed by atoms with Crippen LogP contribution in [0.1, 0.15) is 36.4 Å². The van der Waals surface area contributed by atoms with E-state index in [1.54, 1.807) is 17.0 Å². The Labute approximate surface area is 152 Å². The average Bonchev–Trinajstić information content (AvgIpc) is 3.03. The van der Waals surface area contributed by atoms with Crippen molar-refractivity contribution >= 4 is 17.5 Å². The van der Waals surface area contributed by atoms with Crippen LogP contribution in [0.15, 0.2) is 12.1 Å². The van der Waals surface area contributed by atoms with Gasteiger partial charge in [-0.1, -0.05) is 11.6 Å². The number of likely N-dealkylation sites (tertiary alicyclic amines) is 1. The normalized spacial score (nSPS) is 26.0. The molecule has 1 aromatic rings. The summed E-state index contributed by atoms with van der Waals surface area (Å²) in [6.07, 6.45) is 0.538. The molecule has 0 aliphatic carbocycles. The molecule has 0 aromatic heterocycles. The fraction of sp³-hybridized carbons (Fsp3) is 0.611. The predicted octanol–water partition coefficient (Wildman–Crippen LogP) is 1.74. The number of piperidine rings is 1. The summed E-state index contributed by atoms with van der Waals surface area (Å²) in [5.41, 5.74) is 7.83. The fourth-order valence-corrected chi connectivity index (χ4v) is 3.85. The second-order valence-electron chi connectivity index (χ2n) is 7.00. The molecule has 0 saturated carbocycles. The topological polar surface area (TPSA) is 96.0 Å². The number of phenols is 1. The van der Waals surface area contributed by atoms with E-state index in [0.717, 1.165) is 18.4 Å².